The van der Waals surface area contributed by atoms with Crippen LogP contribution in [0.25, 0.3) is 0 Å². The van der Waals surface area contributed by atoms with Crippen LogP contribution in [0.15, 0.2) is 12.4 Å². The molecule has 0 aromatic carbocycles. The van der Waals surface area contributed by atoms with Crippen molar-refractivity contribution in [2.24, 2.45) is 0 Å². The second kappa shape index (κ2) is 8.68. The first-order valence-corrected chi connectivity index (χ1v) is 7.32. The molecule has 0 aliphatic rings. The second-order valence-corrected chi connectivity index (χ2v) is 4.84. The number of anilines is 1. The number of thioether (sulfide) groups is 1. The fraction of sp³-hybridized carbons (Fsp3) is 0.636. The van der Waals surface area contributed by atoms with Crippen LogP contribution < -0.4 is 5.32 Å². The molecule has 0 amide bonds. The van der Waals surface area contributed by atoms with Gasteiger partial charge in [-0.3, -0.25) is 10.1 Å². The lowest BCUT2D eigenvalue weighted by Gasteiger charge is -2.03. The molecule has 0 unspecified atom stereocenters. The molecule has 0 radical (unpaired) electrons. The lowest BCUT2D eigenvalue weighted by atomic mass is 10.2. The molecule has 0 spiro atoms. The fourth-order valence-corrected chi connectivity index (χ4v) is 1.92. The summed E-state index contributed by atoms with van der Waals surface area (Å²) in [5.41, 5.74) is -0.0855. The van der Waals surface area contributed by atoms with E-state index < -0.39 is 4.92 Å². The van der Waals surface area contributed by atoms with E-state index in [9.17, 15) is 10.1 Å². The molecule has 1 N–H and O–H groups in total. The van der Waals surface area contributed by atoms with Gasteiger partial charge >= 0.3 is 5.69 Å². The molecule has 1 rings (SSSR count). The van der Waals surface area contributed by atoms with E-state index in [0.29, 0.717) is 5.95 Å². The summed E-state index contributed by atoms with van der Waals surface area (Å²) in [6, 6.07) is 0. The Morgan fingerprint density at radius 1 is 1.28 bits per heavy atom. The molecule has 0 saturated carbocycles. The Labute approximate surface area is 111 Å². The van der Waals surface area contributed by atoms with Crippen molar-refractivity contribution in [3.63, 3.8) is 0 Å². The van der Waals surface area contributed by atoms with Crippen molar-refractivity contribution in [1.29, 1.82) is 0 Å². The van der Waals surface area contributed by atoms with E-state index in [1.54, 1.807) is 0 Å². The highest BCUT2D eigenvalue weighted by Crippen LogP contribution is 2.08. The summed E-state index contributed by atoms with van der Waals surface area (Å²) in [5.74, 6) is 1.67. The molecule has 6 nitrogen and oxygen atoms in total. The van der Waals surface area contributed by atoms with E-state index in [-0.39, 0.29) is 5.69 Å². The average Bonchev–Trinajstić information content (AvgIpc) is 2.38. The van der Waals surface area contributed by atoms with Crippen molar-refractivity contribution in [3.05, 3.63) is 22.5 Å². The number of aromatic nitrogens is 2. The maximum absolute atomic E-state index is 10.4. The number of nitro groups is 1. The van der Waals surface area contributed by atoms with Gasteiger partial charge in [-0.25, -0.2) is 9.97 Å². The van der Waals surface area contributed by atoms with Crippen molar-refractivity contribution < 1.29 is 4.92 Å². The van der Waals surface area contributed by atoms with Gasteiger partial charge in [0.2, 0.25) is 5.95 Å². The number of hydrogen-bond donors (Lipinski definition) is 1. The molecular weight excluding hydrogens is 252 g/mol. The van der Waals surface area contributed by atoms with E-state index in [4.69, 9.17) is 0 Å². The van der Waals surface area contributed by atoms with Gasteiger partial charge in [0, 0.05) is 6.54 Å². The third kappa shape index (κ3) is 5.81. The maximum atomic E-state index is 10.4. The SMILES string of the molecule is CSCCCCCCNc1ncc([N+](=O)[O-])cn1. The van der Waals surface area contributed by atoms with Crippen LogP contribution in [0.2, 0.25) is 0 Å². The molecule has 0 fully saturated rings. The van der Waals surface area contributed by atoms with Crippen LogP contribution in [0.3, 0.4) is 0 Å². The molecule has 1 aromatic heterocycles. The lowest BCUT2D eigenvalue weighted by Crippen LogP contribution is -2.05. The predicted octanol–water partition coefficient (Wildman–Crippen LogP) is 2.72. The Hall–Kier alpha value is -1.37. The molecule has 18 heavy (non-hydrogen) atoms. The van der Waals surface area contributed by atoms with Crippen molar-refractivity contribution in [3.8, 4) is 0 Å². The van der Waals surface area contributed by atoms with Gasteiger partial charge in [-0.15, -0.1) is 0 Å². The molecule has 1 aromatic rings. The number of nitrogens with one attached hydrogen (secondary N) is 1. The Morgan fingerprint density at radius 2 is 1.94 bits per heavy atom. The molecule has 0 aliphatic carbocycles. The predicted molar refractivity (Wildman–Crippen MR) is 74.0 cm³/mol. The Balaban J connectivity index is 2.14. The van der Waals surface area contributed by atoms with Crippen LogP contribution in [0.4, 0.5) is 11.6 Å². The second-order valence-electron chi connectivity index (χ2n) is 3.86. The minimum Gasteiger partial charge on any atom is -0.354 e. The van der Waals surface area contributed by atoms with Gasteiger partial charge < -0.3 is 5.32 Å². The standard InChI is InChI=1S/C11H18N4O2S/c1-18-7-5-3-2-4-6-12-11-13-8-10(9-14-11)15(16)17/h8-9H,2-7H2,1H3,(H,12,13,14). The quantitative estimate of drug-likeness (QED) is 0.422. The lowest BCUT2D eigenvalue weighted by molar-refractivity contribution is -0.385. The molecule has 1 heterocycles. The maximum Gasteiger partial charge on any atom is 0.305 e. The zero-order valence-electron chi connectivity index (χ0n) is 10.5. The summed E-state index contributed by atoms with van der Waals surface area (Å²) in [6.45, 7) is 0.803. The number of rotatable bonds is 9. The molecule has 0 atom stereocenters. The number of unbranched alkanes of at least 4 members (excludes halogenated alkanes) is 3. The van der Waals surface area contributed by atoms with E-state index in [0.717, 1.165) is 13.0 Å². The van der Waals surface area contributed by atoms with Crippen LogP contribution in [0, 0.1) is 10.1 Å². The van der Waals surface area contributed by atoms with Gasteiger partial charge in [0.15, 0.2) is 0 Å². The number of hydrogen-bond acceptors (Lipinski definition) is 6. The van der Waals surface area contributed by atoms with E-state index >= 15 is 0 Å². The van der Waals surface area contributed by atoms with Gasteiger partial charge in [-0.2, -0.15) is 11.8 Å². The van der Waals surface area contributed by atoms with Gasteiger partial charge in [0.05, 0.1) is 4.92 Å². The molecule has 0 aliphatic heterocycles. The summed E-state index contributed by atoms with van der Waals surface area (Å²) in [4.78, 5) is 17.7. The van der Waals surface area contributed by atoms with Crippen molar-refractivity contribution in [1.82, 2.24) is 9.97 Å². The van der Waals surface area contributed by atoms with Gasteiger partial charge in [-0.05, 0) is 24.9 Å². The monoisotopic (exact) mass is 270 g/mol. The summed E-state index contributed by atoms with van der Waals surface area (Å²) in [6.07, 6.45) is 9.29. The minimum atomic E-state index is -0.504. The first-order chi connectivity index (χ1) is 8.74. The fourth-order valence-electron chi connectivity index (χ4n) is 1.43. The smallest absolute Gasteiger partial charge is 0.305 e. The van der Waals surface area contributed by atoms with E-state index in [2.05, 4.69) is 21.5 Å². The highest BCUT2D eigenvalue weighted by molar-refractivity contribution is 7.98. The molecule has 0 bridgehead atoms. The Morgan fingerprint density at radius 3 is 2.56 bits per heavy atom. The Kier molecular flexibility index (Phi) is 7.09. The van der Waals surface area contributed by atoms with Gasteiger partial charge in [0.1, 0.15) is 12.4 Å². The van der Waals surface area contributed by atoms with Crippen LogP contribution in [0.1, 0.15) is 25.7 Å². The van der Waals surface area contributed by atoms with E-state index in [1.807, 2.05) is 11.8 Å². The third-order valence-electron chi connectivity index (χ3n) is 2.41. The normalized spacial score (nSPS) is 10.3. The highest BCUT2D eigenvalue weighted by Gasteiger charge is 2.05. The van der Waals surface area contributed by atoms with Crippen molar-refractivity contribution in [2.45, 2.75) is 25.7 Å². The molecule has 0 saturated heterocycles. The van der Waals surface area contributed by atoms with Crippen LogP contribution in [-0.4, -0.2) is 33.4 Å². The number of nitrogens with zero attached hydrogens (tertiary/aromatic N) is 3. The summed E-state index contributed by atoms with van der Waals surface area (Å²) >= 11 is 1.88. The molecule has 100 valence electrons. The summed E-state index contributed by atoms with van der Waals surface area (Å²) in [5, 5.41) is 13.5. The minimum absolute atomic E-state index is 0.0855. The van der Waals surface area contributed by atoms with E-state index in [1.165, 1.54) is 37.4 Å². The molecule has 7 heteroatoms. The van der Waals surface area contributed by atoms with Crippen LogP contribution >= 0.6 is 11.8 Å². The summed E-state index contributed by atoms with van der Waals surface area (Å²) in [7, 11) is 0. The zero-order chi connectivity index (χ0) is 13.2. The van der Waals surface area contributed by atoms with Gasteiger partial charge in [-0.1, -0.05) is 12.8 Å². The van der Waals surface area contributed by atoms with Gasteiger partial charge in [0.25, 0.3) is 0 Å². The first-order valence-electron chi connectivity index (χ1n) is 5.93. The average molecular weight is 270 g/mol. The Bertz CT molecular complexity index is 359. The third-order valence-corrected chi connectivity index (χ3v) is 3.10. The topological polar surface area (TPSA) is 81.0 Å². The first kappa shape index (κ1) is 14.7. The zero-order valence-corrected chi connectivity index (χ0v) is 11.3. The van der Waals surface area contributed by atoms with Crippen LogP contribution in [0.5, 0.6) is 0 Å². The van der Waals surface area contributed by atoms with Crippen molar-refractivity contribution in [2.75, 3.05) is 23.9 Å². The van der Waals surface area contributed by atoms with Crippen molar-refractivity contribution >= 4 is 23.4 Å². The molecular formula is C11H18N4O2S. The van der Waals surface area contributed by atoms with Crippen LogP contribution in [-0.2, 0) is 0 Å². The largest absolute Gasteiger partial charge is 0.354 e. The summed E-state index contributed by atoms with van der Waals surface area (Å²) < 4.78 is 0. The highest BCUT2D eigenvalue weighted by atomic mass is 32.2.